The van der Waals surface area contributed by atoms with Gasteiger partial charge >= 0.3 is 6.18 Å². The van der Waals surface area contributed by atoms with Crippen molar-refractivity contribution in [3.63, 3.8) is 0 Å². The highest BCUT2D eigenvalue weighted by molar-refractivity contribution is 5.88. The predicted octanol–water partition coefficient (Wildman–Crippen LogP) is 9.59. The van der Waals surface area contributed by atoms with Crippen LogP contribution in [0.2, 0.25) is 0 Å². The van der Waals surface area contributed by atoms with Crippen molar-refractivity contribution in [1.82, 2.24) is 0 Å². The summed E-state index contributed by atoms with van der Waals surface area (Å²) < 4.78 is 53.7. The molecule has 0 radical (unpaired) electrons. The first-order valence-corrected chi connectivity index (χ1v) is 12.2. The van der Waals surface area contributed by atoms with E-state index in [0.717, 1.165) is 35.8 Å². The number of fused-ring (bicyclic) bond motifs is 1. The molecule has 3 aromatic rings. The predicted molar refractivity (Wildman–Crippen MR) is 128 cm³/mol. The van der Waals surface area contributed by atoms with E-state index in [2.05, 4.69) is 13.0 Å². The third-order valence-corrected chi connectivity index (χ3v) is 7.32. The molecule has 1 saturated carbocycles. The molecule has 0 nitrogen and oxygen atoms in total. The van der Waals surface area contributed by atoms with E-state index >= 15 is 4.39 Å². The maximum absolute atomic E-state index is 15.2. The van der Waals surface area contributed by atoms with Gasteiger partial charge in [0.05, 0.1) is 5.56 Å². The van der Waals surface area contributed by atoms with Crippen molar-refractivity contribution in [2.24, 2.45) is 11.8 Å². The van der Waals surface area contributed by atoms with Crippen molar-refractivity contribution < 1.29 is 17.6 Å². The van der Waals surface area contributed by atoms with Gasteiger partial charge in [0.2, 0.25) is 0 Å². The van der Waals surface area contributed by atoms with Crippen molar-refractivity contribution in [3.05, 3.63) is 71.5 Å². The van der Waals surface area contributed by atoms with Crippen LogP contribution >= 0.6 is 0 Å². The van der Waals surface area contributed by atoms with Gasteiger partial charge in [0.25, 0.3) is 0 Å². The Morgan fingerprint density at radius 3 is 2.12 bits per heavy atom. The maximum Gasteiger partial charge on any atom is 0.416 e. The summed E-state index contributed by atoms with van der Waals surface area (Å²) in [5.41, 5.74) is 1.26. The molecule has 1 aliphatic rings. The second-order valence-electron chi connectivity index (χ2n) is 9.63. The molecule has 1 fully saturated rings. The molecule has 0 N–H and O–H groups in total. The highest BCUT2D eigenvalue weighted by atomic mass is 19.4. The molecule has 0 bridgehead atoms. The SMILES string of the molecule is CCCCC1CCC(CCc2ccc3c(F)c(-c4ccc(C(F)(F)F)cc4)ccc3c2)CC1. The Kier molecular flexibility index (Phi) is 7.41. The zero-order valence-corrected chi connectivity index (χ0v) is 19.2. The topological polar surface area (TPSA) is 0 Å². The van der Waals surface area contributed by atoms with Crippen LogP contribution in [-0.2, 0) is 12.6 Å². The molecule has 176 valence electrons. The first kappa shape index (κ1) is 23.8. The van der Waals surface area contributed by atoms with Crippen LogP contribution in [0.25, 0.3) is 21.9 Å². The van der Waals surface area contributed by atoms with Crippen LogP contribution in [0.3, 0.4) is 0 Å². The Morgan fingerprint density at radius 2 is 1.48 bits per heavy atom. The number of unbranched alkanes of at least 4 members (excludes halogenated alkanes) is 1. The zero-order chi connectivity index (χ0) is 23.4. The number of aryl methyl sites for hydroxylation is 1. The first-order chi connectivity index (χ1) is 15.8. The Balaban J connectivity index is 1.42. The summed E-state index contributed by atoms with van der Waals surface area (Å²) in [5.74, 6) is 1.32. The van der Waals surface area contributed by atoms with E-state index in [9.17, 15) is 13.2 Å². The lowest BCUT2D eigenvalue weighted by Gasteiger charge is -2.28. The Hall–Kier alpha value is -2.36. The molecular formula is C29H32F4. The summed E-state index contributed by atoms with van der Waals surface area (Å²) in [7, 11) is 0. The average Bonchev–Trinajstić information content (AvgIpc) is 2.82. The minimum absolute atomic E-state index is 0.323. The van der Waals surface area contributed by atoms with Gasteiger partial charge in [0, 0.05) is 10.9 Å². The number of halogens is 4. The summed E-state index contributed by atoms with van der Waals surface area (Å²) >= 11 is 0. The summed E-state index contributed by atoms with van der Waals surface area (Å²) in [5, 5.41) is 1.34. The van der Waals surface area contributed by atoms with Gasteiger partial charge in [-0.1, -0.05) is 94.3 Å². The lowest BCUT2D eigenvalue weighted by atomic mass is 9.78. The highest BCUT2D eigenvalue weighted by Gasteiger charge is 2.30. The number of benzene rings is 3. The van der Waals surface area contributed by atoms with E-state index in [1.165, 1.54) is 69.1 Å². The minimum Gasteiger partial charge on any atom is -0.206 e. The highest BCUT2D eigenvalue weighted by Crippen LogP contribution is 2.36. The molecule has 4 rings (SSSR count). The van der Waals surface area contributed by atoms with E-state index in [1.807, 2.05) is 18.2 Å². The molecule has 0 amide bonds. The average molecular weight is 457 g/mol. The van der Waals surface area contributed by atoms with E-state index < -0.39 is 11.7 Å². The van der Waals surface area contributed by atoms with E-state index in [0.29, 0.717) is 16.5 Å². The second kappa shape index (κ2) is 10.3. The molecule has 0 spiro atoms. The molecule has 0 aromatic heterocycles. The zero-order valence-electron chi connectivity index (χ0n) is 19.2. The minimum atomic E-state index is -4.40. The molecule has 0 heterocycles. The molecule has 0 atom stereocenters. The lowest BCUT2D eigenvalue weighted by molar-refractivity contribution is -0.137. The van der Waals surface area contributed by atoms with Crippen LogP contribution < -0.4 is 0 Å². The van der Waals surface area contributed by atoms with Gasteiger partial charge in [0.1, 0.15) is 5.82 Å². The fraction of sp³-hybridized carbons (Fsp3) is 0.448. The maximum atomic E-state index is 15.2. The van der Waals surface area contributed by atoms with Gasteiger partial charge in [-0.2, -0.15) is 13.2 Å². The lowest BCUT2D eigenvalue weighted by Crippen LogP contribution is -2.15. The fourth-order valence-electron chi connectivity index (χ4n) is 5.23. The van der Waals surface area contributed by atoms with Gasteiger partial charge in [-0.25, -0.2) is 4.39 Å². The number of hydrogen-bond acceptors (Lipinski definition) is 0. The quantitative estimate of drug-likeness (QED) is 0.310. The number of rotatable bonds is 7. The summed E-state index contributed by atoms with van der Waals surface area (Å²) in [4.78, 5) is 0. The van der Waals surface area contributed by atoms with Crippen molar-refractivity contribution in [2.45, 2.75) is 70.9 Å². The molecule has 4 heteroatoms. The van der Waals surface area contributed by atoms with Crippen LogP contribution in [0.5, 0.6) is 0 Å². The van der Waals surface area contributed by atoms with E-state index in [-0.39, 0.29) is 5.82 Å². The Morgan fingerprint density at radius 1 is 0.818 bits per heavy atom. The third-order valence-electron chi connectivity index (χ3n) is 7.32. The standard InChI is InChI=1S/C29H32F4/c1-2-3-4-20-5-7-21(8-6-20)9-10-22-11-17-27-24(19-22)14-18-26(28(27)30)23-12-15-25(16-13-23)29(31,32)33/h11-21H,2-10H2,1H3. The summed E-state index contributed by atoms with van der Waals surface area (Å²) in [6.07, 6.45) is 7.18. The third kappa shape index (κ3) is 5.77. The van der Waals surface area contributed by atoms with Gasteiger partial charge in [0.15, 0.2) is 0 Å². The molecule has 0 unspecified atom stereocenters. The fourth-order valence-corrected chi connectivity index (χ4v) is 5.23. The molecule has 33 heavy (non-hydrogen) atoms. The van der Waals surface area contributed by atoms with Crippen LogP contribution in [-0.4, -0.2) is 0 Å². The molecule has 0 aliphatic heterocycles. The number of hydrogen-bond donors (Lipinski definition) is 0. The van der Waals surface area contributed by atoms with Crippen LogP contribution in [0, 0.1) is 17.7 Å². The smallest absolute Gasteiger partial charge is 0.206 e. The molecule has 0 saturated heterocycles. The van der Waals surface area contributed by atoms with Gasteiger partial charge in [-0.3, -0.25) is 0 Å². The van der Waals surface area contributed by atoms with Crippen molar-refractivity contribution >= 4 is 10.8 Å². The van der Waals surface area contributed by atoms with E-state index in [4.69, 9.17) is 0 Å². The Bertz CT molecular complexity index is 1060. The van der Waals surface area contributed by atoms with Crippen LogP contribution in [0.15, 0.2) is 54.6 Å². The largest absolute Gasteiger partial charge is 0.416 e. The van der Waals surface area contributed by atoms with Crippen LogP contribution in [0.4, 0.5) is 17.6 Å². The van der Waals surface area contributed by atoms with Gasteiger partial charge < -0.3 is 0 Å². The molecule has 1 aliphatic carbocycles. The van der Waals surface area contributed by atoms with Gasteiger partial charge in [-0.05, 0) is 53.3 Å². The normalized spacial score (nSPS) is 19.2. The van der Waals surface area contributed by atoms with Crippen molar-refractivity contribution in [2.75, 3.05) is 0 Å². The summed E-state index contributed by atoms with van der Waals surface area (Å²) in [6.45, 7) is 2.26. The first-order valence-electron chi connectivity index (χ1n) is 12.2. The summed E-state index contributed by atoms with van der Waals surface area (Å²) in [6, 6.07) is 14.1. The van der Waals surface area contributed by atoms with E-state index in [1.54, 1.807) is 6.07 Å². The Labute approximate surface area is 194 Å². The van der Waals surface area contributed by atoms with Gasteiger partial charge in [-0.15, -0.1) is 0 Å². The number of alkyl halides is 3. The second-order valence-corrected chi connectivity index (χ2v) is 9.63. The monoisotopic (exact) mass is 456 g/mol. The van der Waals surface area contributed by atoms with Crippen LogP contribution in [0.1, 0.15) is 69.4 Å². The molecular weight excluding hydrogens is 424 g/mol. The van der Waals surface area contributed by atoms with Crippen molar-refractivity contribution in [1.29, 1.82) is 0 Å². The molecule has 3 aromatic carbocycles. The van der Waals surface area contributed by atoms with Crippen molar-refractivity contribution in [3.8, 4) is 11.1 Å².